The maximum absolute atomic E-state index is 11.6. The number of nitrogens with one attached hydrogen (secondary N) is 1. The van der Waals surface area contributed by atoms with E-state index in [0.717, 1.165) is 6.42 Å². The molecule has 0 aromatic heterocycles. The van der Waals surface area contributed by atoms with Crippen molar-refractivity contribution < 1.29 is 19.4 Å². The number of rotatable bonds is 5. The predicted octanol–water partition coefficient (Wildman–Crippen LogP) is 0.781. The van der Waals surface area contributed by atoms with E-state index in [2.05, 4.69) is 5.32 Å². The Kier molecular flexibility index (Phi) is 4.73. The third-order valence-electron chi connectivity index (χ3n) is 2.54. The van der Waals surface area contributed by atoms with Crippen molar-refractivity contribution in [3.05, 3.63) is 0 Å². The molecule has 5 heteroatoms. The van der Waals surface area contributed by atoms with Gasteiger partial charge in [-0.25, -0.2) is 4.79 Å². The van der Waals surface area contributed by atoms with Gasteiger partial charge in [-0.05, 0) is 25.2 Å². The molecule has 92 valence electrons. The fourth-order valence-corrected chi connectivity index (χ4v) is 1.74. The minimum atomic E-state index is -0.986. The predicted molar refractivity (Wildman–Crippen MR) is 58.0 cm³/mol. The summed E-state index contributed by atoms with van der Waals surface area (Å²) in [5.41, 5.74) is 0. The van der Waals surface area contributed by atoms with E-state index in [1.807, 2.05) is 13.8 Å². The van der Waals surface area contributed by atoms with Gasteiger partial charge < -0.3 is 15.2 Å². The van der Waals surface area contributed by atoms with Crippen molar-refractivity contribution in [3.63, 3.8) is 0 Å². The quantitative estimate of drug-likeness (QED) is 0.730. The Bertz CT molecular complexity index is 259. The fraction of sp³-hybridized carbons (Fsp3) is 0.818. The molecule has 0 aromatic carbocycles. The molecule has 2 atom stereocenters. The van der Waals surface area contributed by atoms with Crippen LogP contribution < -0.4 is 5.32 Å². The monoisotopic (exact) mass is 229 g/mol. The molecule has 0 saturated carbocycles. The molecule has 1 aliphatic heterocycles. The molecule has 0 aromatic rings. The first-order chi connectivity index (χ1) is 7.50. The van der Waals surface area contributed by atoms with Crippen LogP contribution in [-0.2, 0) is 14.3 Å². The fourth-order valence-electron chi connectivity index (χ4n) is 1.74. The number of carboxylic acid groups (broad SMARTS) is 1. The zero-order valence-corrected chi connectivity index (χ0v) is 9.73. The van der Waals surface area contributed by atoms with E-state index in [-0.39, 0.29) is 11.8 Å². The maximum Gasteiger partial charge on any atom is 0.326 e. The van der Waals surface area contributed by atoms with E-state index in [9.17, 15) is 9.59 Å². The highest BCUT2D eigenvalue weighted by molar-refractivity contribution is 5.86. The summed E-state index contributed by atoms with van der Waals surface area (Å²) in [6.07, 6.45) is 1.52. The van der Waals surface area contributed by atoms with Crippen LogP contribution in [0.5, 0.6) is 0 Å². The van der Waals surface area contributed by atoms with Gasteiger partial charge >= 0.3 is 5.97 Å². The number of carbonyl (C=O) groups is 2. The van der Waals surface area contributed by atoms with Gasteiger partial charge in [0.25, 0.3) is 0 Å². The molecule has 1 saturated heterocycles. The average Bonchev–Trinajstić information content (AvgIpc) is 2.68. The van der Waals surface area contributed by atoms with Gasteiger partial charge in [-0.3, -0.25) is 4.79 Å². The van der Waals surface area contributed by atoms with E-state index in [1.54, 1.807) is 0 Å². The van der Waals surface area contributed by atoms with Gasteiger partial charge in [-0.15, -0.1) is 0 Å². The highest BCUT2D eigenvalue weighted by Crippen LogP contribution is 2.13. The van der Waals surface area contributed by atoms with Crippen LogP contribution in [-0.4, -0.2) is 35.7 Å². The van der Waals surface area contributed by atoms with Crippen LogP contribution in [0.1, 0.15) is 33.1 Å². The molecule has 1 unspecified atom stereocenters. The highest BCUT2D eigenvalue weighted by atomic mass is 16.5. The smallest absolute Gasteiger partial charge is 0.326 e. The van der Waals surface area contributed by atoms with Gasteiger partial charge in [-0.2, -0.15) is 0 Å². The molecule has 2 N–H and O–H groups in total. The largest absolute Gasteiger partial charge is 0.480 e. The molecule has 1 aliphatic rings. The first-order valence-corrected chi connectivity index (χ1v) is 5.65. The first kappa shape index (κ1) is 13.0. The second kappa shape index (κ2) is 5.84. The zero-order chi connectivity index (χ0) is 12.1. The van der Waals surface area contributed by atoms with Crippen LogP contribution in [0.3, 0.4) is 0 Å². The van der Waals surface area contributed by atoms with Crippen molar-refractivity contribution in [1.29, 1.82) is 0 Å². The Morgan fingerprint density at radius 3 is 2.62 bits per heavy atom. The lowest BCUT2D eigenvalue weighted by atomic mass is 10.0. The summed E-state index contributed by atoms with van der Waals surface area (Å²) in [5, 5.41) is 11.5. The van der Waals surface area contributed by atoms with E-state index < -0.39 is 18.1 Å². The number of ether oxygens (including phenoxy) is 1. The van der Waals surface area contributed by atoms with Gasteiger partial charge in [0.05, 0.1) is 0 Å². The highest BCUT2D eigenvalue weighted by Gasteiger charge is 2.28. The average molecular weight is 229 g/mol. The van der Waals surface area contributed by atoms with Crippen molar-refractivity contribution in [2.24, 2.45) is 5.92 Å². The molecule has 0 bridgehead atoms. The minimum Gasteiger partial charge on any atom is -0.480 e. The van der Waals surface area contributed by atoms with Gasteiger partial charge in [0, 0.05) is 6.61 Å². The molecule has 16 heavy (non-hydrogen) atoms. The third kappa shape index (κ3) is 3.81. The second-order valence-electron chi connectivity index (χ2n) is 4.53. The lowest BCUT2D eigenvalue weighted by molar-refractivity contribution is -0.144. The SMILES string of the molecule is CC(C)C[C@@H](NC(=O)C1CCCO1)C(=O)O. The van der Waals surface area contributed by atoms with Crippen LogP contribution in [0.2, 0.25) is 0 Å². The molecule has 1 fully saturated rings. The Balaban J connectivity index is 2.47. The molecule has 5 nitrogen and oxygen atoms in total. The Hall–Kier alpha value is -1.10. The molecular formula is C11H19NO4. The number of amides is 1. The Morgan fingerprint density at radius 2 is 2.19 bits per heavy atom. The van der Waals surface area contributed by atoms with Crippen molar-refractivity contribution in [3.8, 4) is 0 Å². The number of aliphatic carboxylic acids is 1. The third-order valence-corrected chi connectivity index (χ3v) is 2.54. The summed E-state index contributed by atoms with van der Waals surface area (Å²) >= 11 is 0. The van der Waals surface area contributed by atoms with Crippen LogP contribution in [0.25, 0.3) is 0 Å². The molecule has 0 radical (unpaired) electrons. The molecule has 1 amide bonds. The van der Waals surface area contributed by atoms with Gasteiger partial charge in [0.1, 0.15) is 12.1 Å². The summed E-state index contributed by atoms with van der Waals surface area (Å²) < 4.78 is 5.20. The van der Waals surface area contributed by atoms with Crippen molar-refractivity contribution >= 4 is 11.9 Å². The number of hydrogen-bond donors (Lipinski definition) is 2. The van der Waals surface area contributed by atoms with Gasteiger partial charge in [0.2, 0.25) is 5.91 Å². The van der Waals surface area contributed by atoms with E-state index in [4.69, 9.17) is 9.84 Å². The van der Waals surface area contributed by atoms with Crippen molar-refractivity contribution in [1.82, 2.24) is 5.32 Å². The zero-order valence-electron chi connectivity index (χ0n) is 9.73. The normalized spacial score (nSPS) is 22.1. The number of carboxylic acids is 1. The lowest BCUT2D eigenvalue weighted by Crippen LogP contribution is -2.45. The Labute approximate surface area is 95.2 Å². The molecule has 1 rings (SSSR count). The number of carbonyl (C=O) groups excluding carboxylic acids is 1. The van der Waals surface area contributed by atoms with Gasteiger partial charge in [-0.1, -0.05) is 13.8 Å². The number of hydrogen-bond acceptors (Lipinski definition) is 3. The maximum atomic E-state index is 11.6. The van der Waals surface area contributed by atoms with Gasteiger partial charge in [0.15, 0.2) is 0 Å². The standard InChI is InChI=1S/C11H19NO4/c1-7(2)6-8(11(14)15)12-10(13)9-4-3-5-16-9/h7-9H,3-6H2,1-2H3,(H,12,13)(H,14,15)/t8-,9?/m1/s1. The summed E-state index contributed by atoms with van der Waals surface area (Å²) in [7, 11) is 0. The van der Waals surface area contributed by atoms with Crippen LogP contribution in [0.4, 0.5) is 0 Å². The van der Waals surface area contributed by atoms with E-state index >= 15 is 0 Å². The molecular weight excluding hydrogens is 210 g/mol. The van der Waals surface area contributed by atoms with E-state index in [0.29, 0.717) is 19.4 Å². The van der Waals surface area contributed by atoms with E-state index in [1.165, 1.54) is 0 Å². The molecule has 0 aliphatic carbocycles. The van der Waals surface area contributed by atoms with Crippen LogP contribution in [0.15, 0.2) is 0 Å². The second-order valence-corrected chi connectivity index (χ2v) is 4.53. The summed E-state index contributed by atoms with van der Waals surface area (Å²) in [6, 6.07) is -0.809. The van der Waals surface area contributed by atoms with Crippen molar-refractivity contribution in [2.45, 2.75) is 45.3 Å². The summed E-state index contributed by atoms with van der Waals surface area (Å²) in [4.78, 5) is 22.6. The summed E-state index contributed by atoms with van der Waals surface area (Å²) in [6.45, 7) is 4.43. The summed E-state index contributed by atoms with van der Waals surface area (Å²) in [5.74, 6) is -1.06. The minimum absolute atomic E-state index is 0.228. The molecule has 0 spiro atoms. The van der Waals surface area contributed by atoms with Crippen LogP contribution >= 0.6 is 0 Å². The lowest BCUT2D eigenvalue weighted by Gasteiger charge is -2.18. The Morgan fingerprint density at radius 1 is 1.50 bits per heavy atom. The van der Waals surface area contributed by atoms with Crippen molar-refractivity contribution in [2.75, 3.05) is 6.61 Å². The molecule has 1 heterocycles. The topological polar surface area (TPSA) is 75.6 Å². The van der Waals surface area contributed by atoms with Crippen LogP contribution in [0, 0.1) is 5.92 Å². The first-order valence-electron chi connectivity index (χ1n) is 5.65.